The van der Waals surface area contributed by atoms with Crippen LogP contribution in [0.2, 0.25) is 0 Å². The third-order valence-corrected chi connectivity index (χ3v) is 5.21. The molecule has 0 spiro atoms. The zero-order chi connectivity index (χ0) is 17.5. The van der Waals surface area contributed by atoms with Gasteiger partial charge in [0, 0.05) is 18.3 Å². The van der Waals surface area contributed by atoms with Gasteiger partial charge in [0.1, 0.15) is 0 Å². The van der Waals surface area contributed by atoms with Gasteiger partial charge in [0.05, 0.1) is 5.75 Å². The van der Waals surface area contributed by atoms with E-state index in [1.54, 1.807) is 0 Å². The number of nitrogens with zero attached hydrogens (tertiary/aromatic N) is 3. The van der Waals surface area contributed by atoms with Gasteiger partial charge in [0.15, 0.2) is 4.34 Å². The maximum absolute atomic E-state index is 12.6. The normalized spacial score (nSPS) is 11.1. The van der Waals surface area contributed by atoms with Crippen molar-refractivity contribution in [2.45, 2.75) is 38.1 Å². The summed E-state index contributed by atoms with van der Waals surface area (Å²) in [5.41, 5.74) is 0.926. The fraction of sp³-hybridized carbons (Fsp3) is 0.471. The number of aromatic nitrogens is 2. The fourth-order valence-corrected chi connectivity index (χ4v) is 3.76. The Morgan fingerprint density at radius 1 is 1.21 bits per heavy atom. The molecule has 2 aromatic rings. The average Bonchev–Trinajstić information content (AvgIpc) is 3.00. The fourth-order valence-electron chi connectivity index (χ4n) is 2.14. The summed E-state index contributed by atoms with van der Waals surface area (Å²) in [7, 11) is 0. The van der Waals surface area contributed by atoms with Gasteiger partial charge in [-0.2, -0.15) is 0 Å². The minimum absolute atomic E-state index is 0.0769. The van der Waals surface area contributed by atoms with Crippen LogP contribution in [0.3, 0.4) is 0 Å². The van der Waals surface area contributed by atoms with E-state index in [1.807, 2.05) is 49.1 Å². The first-order chi connectivity index (χ1) is 11.5. The van der Waals surface area contributed by atoms with Gasteiger partial charge in [0.25, 0.3) is 0 Å². The molecule has 24 heavy (non-hydrogen) atoms. The summed E-state index contributed by atoms with van der Waals surface area (Å²) in [6.07, 6.45) is 0. The van der Waals surface area contributed by atoms with Crippen LogP contribution in [0.5, 0.6) is 0 Å². The number of carbonyl (C=O) groups excluding carboxylic acids is 1. The molecule has 0 aliphatic carbocycles. The van der Waals surface area contributed by atoms with Crippen molar-refractivity contribution in [3.63, 3.8) is 0 Å². The molecule has 0 saturated heterocycles. The van der Waals surface area contributed by atoms with Crippen molar-refractivity contribution in [1.29, 1.82) is 0 Å². The zero-order valence-corrected chi connectivity index (χ0v) is 16.2. The van der Waals surface area contributed by atoms with Gasteiger partial charge in [-0.25, -0.2) is 0 Å². The highest BCUT2D eigenvalue weighted by molar-refractivity contribution is 8.01. The quantitative estimate of drug-likeness (QED) is 0.714. The number of nitrogens with one attached hydrogen (secondary N) is 1. The highest BCUT2D eigenvalue weighted by Gasteiger charge is 2.19. The number of hydrogen-bond acceptors (Lipinski definition) is 6. The van der Waals surface area contributed by atoms with E-state index in [2.05, 4.69) is 29.4 Å². The topological polar surface area (TPSA) is 58.1 Å². The van der Waals surface area contributed by atoms with Crippen LogP contribution in [-0.4, -0.2) is 34.4 Å². The van der Waals surface area contributed by atoms with Crippen LogP contribution in [-0.2, 0) is 4.79 Å². The maximum Gasteiger partial charge on any atom is 0.237 e. The van der Waals surface area contributed by atoms with Crippen molar-refractivity contribution in [2.24, 2.45) is 5.92 Å². The van der Waals surface area contributed by atoms with Crippen LogP contribution >= 0.6 is 23.1 Å². The van der Waals surface area contributed by atoms with E-state index in [0.29, 0.717) is 11.7 Å². The molecular formula is C17H24N4OS2. The Bertz CT molecular complexity index is 643. The molecule has 1 aromatic heterocycles. The van der Waals surface area contributed by atoms with Gasteiger partial charge in [-0.1, -0.05) is 55.1 Å². The van der Waals surface area contributed by atoms with E-state index in [0.717, 1.165) is 21.7 Å². The van der Waals surface area contributed by atoms with Crippen molar-refractivity contribution in [3.8, 4) is 0 Å². The summed E-state index contributed by atoms with van der Waals surface area (Å²) in [6, 6.07) is 9.88. The van der Waals surface area contributed by atoms with Crippen molar-refractivity contribution in [2.75, 3.05) is 22.5 Å². The first-order valence-electron chi connectivity index (χ1n) is 8.04. The van der Waals surface area contributed by atoms with Gasteiger partial charge in [-0.15, -0.1) is 10.2 Å². The zero-order valence-electron chi connectivity index (χ0n) is 14.5. The summed E-state index contributed by atoms with van der Waals surface area (Å²) in [6.45, 7) is 9.20. The van der Waals surface area contributed by atoms with Gasteiger partial charge >= 0.3 is 0 Å². The standard InChI is InChI=1S/C17H24N4OS2/c1-12(2)10-18-16-19-20-17(24-16)23-11-15(22)21(13(3)4)14-8-6-5-7-9-14/h5-9,12-13H,10-11H2,1-4H3,(H,18,19). The number of anilines is 2. The molecule has 0 aliphatic rings. The average molecular weight is 365 g/mol. The van der Waals surface area contributed by atoms with Crippen LogP contribution < -0.4 is 10.2 Å². The van der Waals surface area contributed by atoms with E-state index in [4.69, 9.17) is 0 Å². The summed E-state index contributed by atoms with van der Waals surface area (Å²) in [4.78, 5) is 14.5. The summed E-state index contributed by atoms with van der Waals surface area (Å²) in [5, 5.41) is 12.3. The molecule has 0 saturated carbocycles. The van der Waals surface area contributed by atoms with Gasteiger partial charge < -0.3 is 10.2 Å². The Morgan fingerprint density at radius 3 is 2.54 bits per heavy atom. The lowest BCUT2D eigenvalue weighted by Gasteiger charge is -2.26. The molecule has 5 nitrogen and oxygen atoms in total. The Kier molecular flexibility index (Phi) is 7.05. The Labute approximate surface area is 151 Å². The third kappa shape index (κ3) is 5.49. The van der Waals surface area contributed by atoms with Crippen LogP contribution in [0.1, 0.15) is 27.7 Å². The molecule has 7 heteroatoms. The SMILES string of the molecule is CC(C)CNc1nnc(SCC(=O)N(c2ccccc2)C(C)C)s1. The van der Waals surface area contributed by atoms with Gasteiger partial charge in [-0.3, -0.25) is 4.79 Å². The van der Waals surface area contributed by atoms with Crippen LogP contribution in [0.25, 0.3) is 0 Å². The van der Waals surface area contributed by atoms with Crippen LogP contribution in [0.15, 0.2) is 34.7 Å². The lowest BCUT2D eigenvalue weighted by atomic mass is 10.2. The van der Waals surface area contributed by atoms with Crippen molar-refractivity contribution >= 4 is 39.8 Å². The number of para-hydroxylation sites is 1. The van der Waals surface area contributed by atoms with E-state index in [9.17, 15) is 4.79 Å². The lowest BCUT2D eigenvalue weighted by Crippen LogP contribution is -2.38. The van der Waals surface area contributed by atoms with Crippen LogP contribution in [0.4, 0.5) is 10.8 Å². The molecule has 1 aromatic carbocycles. The molecule has 0 unspecified atom stereocenters. The second kappa shape index (κ2) is 9.03. The highest BCUT2D eigenvalue weighted by atomic mass is 32.2. The van der Waals surface area contributed by atoms with E-state index in [1.165, 1.54) is 23.1 Å². The molecule has 1 N–H and O–H groups in total. The largest absolute Gasteiger partial charge is 0.360 e. The Hall–Kier alpha value is -1.60. The Morgan fingerprint density at radius 2 is 1.92 bits per heavy atom. The third-order valence-electron chi connectivity index (χ3n) is 3.21. The monoisotopic (exact) mass is 364 g/mol. The maximum atomic E-state index is 12.6. The molecule has 1 heterocycles. The van der Waals surface area contributed by atoms with Gasteiger partial charge in [-0.05, 0) is 31.9 Å². The molecule has 0 bridgehead atoms. The molecule has 1 amide bonds. The summed E-state index contributed by atoms with van der Waals surface area (Å²) < 4.78 is 0.811. The summed E-state index contributed by atoms with van der Waals surface area (Å²) >= 11 is 2.93. The Balaban J connectivity index is 1.94. The highest BCUT2D eigenvalue weighted by Crippen LogP contribution is 2.27. The number of rotatable bonds is 8. The van der Waals surface area contributed by atoms with Crippen molar-refractivity contribution in [3.05, 3.63) is 30.3 Å². The first kappa shape index (κ1) is 18.7. The number of benzene rings is 1. The van der Waals surface area contributed by atoms with Gasteiger partial charge in [0.2, 0.25) is 11.0 Å². The minimum Gasteiger partial charge on any atom is -0.360 e. The number of carbonyl (C=O) groups is 1. The molecule has 0 aliphatic heterocycles. The van der Waals surface area contributed by atoms with E-state index < -0.39 is 0 Å². The smallest absolute Gasteiger partial charge is 0.237 e. The predicted octanol–water partition coefficient (Wildman–Crippen LogP) is 4.14. The number of thioether (sulfide) groups is 1. The molecular weight excluding hydrogens is 340 g/mol. The molecule has 0 fully saturated rings. The van der Waals surface area contributed by atoms with E-state index in [-0.39, 0.29) is 11.9 Å². The molecule has 0 atom stereocenters. The minimum atomic E-state index is 0.0769. The first-order valence-corrected chi connectivity index (χ1v) is 9.85. The van der Waals surface area contributed by atoms with Crippen LogP contribution in [0, 0.1) is 5.92 Å². The lowest BCUT2D eigenvalue weighted by molar-refractivity contribution is -0.116. The predicted molar refractivity (Wildman–Crippen MR) is 103 cm³/mol. The molecule has 0 radical (unpaired) electrons. The van der Waals surface area contributed by atoms with Crippen molar-refractivity contribution < 1.29 is 4.79 Å². The molecule has 130 valence electrons. The second-order valence-corrected chi connectivity index (χ2v) is 8.33. The molecule has 2 rings (SSSR count). The number of hydrogen-bond donors (Lipinski definition) is 1. The second-order valence-electron chi connectivity index (χ2n) is 6.13. The number of amides is 1. The van der Waals surface area contributed by atoms with Crippen molar-refractivity contribution in [1.82, 2.24) is 10.2 Å². The summed E-state index contributed by atoms with van der Waals surface area (Å²) in [5.74, 6) is 0.983. The van der Waals surface area contributed by atoms with E-state index >= 15 is 0 Å².